The summed E-state index contributed by atoms with van der Waals surface area (Å²) in [4.78, 5) is 0. The van der Waals surface area contributed by atoms with Gasteiger partial charge >= 0.3 is 0 Å². The van der Waals surface area contributed by atoms with Gasteiger partial charge in [-0.1, -0.05) is 23.7 Å². The Morgan fingerprint density at radius 1 is 1.05 bits per heavy atom. The topological polar surface area (TPSA) is 30.5 Å². The Hall–Kier alpha value is -1.71. The van der Waals surface area contributed by atoms with Crippen LogP contribution < -0.4 is 14.8 Å². The van der Waals surface area contributed by atoms with Gasteiger partial charge in [-0.05, 0) is 49.4 Å². The summed E-state index contributed by atoms with van der Waals surface area (Å²) in [6.45, 7) is 1.99. The molecule has 1 N–H and O–H groups in total. The molecule has 2 aromatic carbocycles. The lowest BCUT2D eigenvalue weighted by atomic mass is 9.97. The van der Waals surface area contributed by atoms with Gasteiger partial charge in [0, 0.05) is 10.6 Å². The van der Waals surface area contributed by atoms with E-state index in [1.54, 1.807) is 14.2 Å². The number of aryl methyl sites for hydroxylation is 1. The summed E-state index contributed by atoms with van der Waals surface area (Å²) in [7, 11) is 5.24. The van der Waals surface area contributed by atoms with Crippen LogP contribution in [0.5, 0.6) is 11.5 Å². The quantitative estimate of drug-likeness (QED) is 0.906. The second-order valence-corrected chi connectivity index (χ2v) is 5.25. The van der Waals surface area contributed by atoms with Gasteiger partial charge in [0.15, 0.2) is 0 Å². The van der Waals surface area contributed by atoms with Crippen LogP contribution >= 0.6 is 11.6 Å². The Balaban J connectivity index is 2.51. The zero-order valence-corrected chi connectivity index (χ0v) is 13.5. The maximum Gasteiger partial charge on any atom is 0.124 e. The van der Waals surface area contributed by atoms with E-state index >= 15 is 0 Å². The van der Waals surface area contributed by atoms with Gasteiger partial charge in [-0.2, -0.15) is 0 Å². The molecule has 0 aliphatic rings. The van der Waals surface area contributed by atoms with E-state index in [4.69, 9.17) is 21.1 Å². The monoisotopic (exact) mass is 305 g/mol. The summed E-state index contributed by atoms with van der Waals surface area (Å²) >= 11 is 6.25. The molecule has 21 heavy (non-hydrogen) atoms. The lowest BCUT2D eigenvalue weighted by molar-refractivity contribution is 0.395. The van der Waals surface area contributed by atoms with Crippen LogP contribution in [0.4, 0.5) is 0 Å². The first-order valence-corrected chi connectivity index (χ1v) is 7.13. The third-order valence-electron chi connectivity index (χ3n) is 3.57. The molecule has 0 saturated heterocycles. The fourth-order valence-corrected chi connectivity index (χ4v) is 2.54. The van der Waals surface area contributed by atoms with Crippen LogP contribution in [-0.2, 0) is 0 Å². The Labute approximate surface area is 130 Å². The minimum absolute atomic E-state index is 0.0202. The average molecular weight is 306 g/mol. The highest BCUT2D eigenvalue weighted by molar-refractivity contribution is 6.31. The smallest absolute Gasteiger partial charge is 0.124 e. The third-order valence-corrected chi connectivity index (χ3v) is 3.97. The summed E-state index contributed by atoms with van der Waals surface area (Å²) in [5, 5.41) is 4.07. The van der Waals surface area contributed by atoms with Gasteiger partial charge in [0.1, 0.15) is 11.5 Å². The third kappa shape index (κ3) is 3.31. The zero-order chi connectivity index (χ0) is 15.4. The fourth-order valence-electron chi connectivity index (χ4n) is 2.36. The predicted molar refractivity (Wildman–Crippen MR) is 86.6 cm³/mol. The Morgan fingerprint density at radius 3 is 2.38 bits per heavy atom. The molecular weight excluding hydrogens is 286 g/mol. The highest BCUT2D eigenvalue weighted by Gasteiger charge is 2.18. The molecular formula is C17H20ClNO2. The first-order chi connectivity index (χ1) is 10.1. The van der Waals surface area contributed by atoms with Crippen molar-refractivity contribution < 1.29 is 9.47 Å². The van der Waals surface area contributed by atoms with Crippen LogP contribution in [0.15, 0.2) is 36.4 Å². The summed E-state index contributed by atoms with van der Waals surface area (Å²) in [6.07, 6.45) is 0. The lowest BCUT2D eigenvalue weighted by Gasteiger charge is -2.21. The second kappa shape index (κ2) is 6.83. The highest BCUT2D eigenvalue weighted by atomic mass is 35.5. The van der Waals surface area contributed by atoms with E-state index in [9.17, 15) is 0 Å². The molecule has 112 valence electrons. The lowest BCUT2D eigenvalue weighted by Crippen LogP contribution is -2.18. The van der Waals surface area contributed by atoms with Crippen molar-refractivity contribution in [3.05, 3.63) is 58.1 Å². The minimum atomic E-state index is -0.0202. The van der Waals surface area contributed by atoms with E-state index in [-0.39, 0.29) is 6.04 Å². The standard InChI is InChI=1S/C17H20ClNO2/c1-11-5-6-12(9-15(11)18)17(19-2)14-10-13(20-3)7-8-16(14)21-4/h5-10,17,19H,1-4H3. The molecule has 0 spiro atoms. The average Bonchev–Trinajstić information content (AvgIpc) is 2.51. The summed E-state index contributed by atoms with van der Waals surface area (Å²) in [6, 6.07) is 11.8. The molecule has 0 fully saturated rings. The summed E-state index contributed by atoms with van der Waals surface area (Å²) < 4.78 is 10.8. The van der Waals surface area contributed by atoms with Gasteiger partial charge in [-0.15, -0.1) is 0 Å². The molecule has 0 amide bonds. The van der Waals surface area contributed by atoms with E-state index in [0.29, 0.717) is 0 Å². The Kier molecular flexibility index (Phi) is 5.10. The van der Waals surface area contributed by atoms with Gasteiger partial charge in [0.25, 0.3) is 0 Å². The molecule has 4 heteroatoms. The van der Waals surface area contributed by atoms with Gasteiger partial charge < -0.3 is 14.8 Å². The predicted octanol–water partition coefficient (Wildman–Crippen LogP) is 3.97. The van der Waals surface area contributed by atoms with Crippen LogP contribution in [0.25, 0.3) is 0 Å². The molecule has 0 saturated carbocycles. The normalized spacial score (nSPS) is 12.0. The number of nitrogens with one attached hydrogen (secondary N) is 1. The molecule has 0 bridgehead atoms. The van der Waals surface area contributed by atoms with Crippen LogP contribution in [0.2, 0.25) is 5.02 Å². The number of halogens is 1. The van der Waals surface area contributed by atoms with Crippen molar-refractivity contribution in [2.24, 2.45) is 0 Å². The minimum Gasteiger partial charge on any atom is -0.497 e. The van der Waals surface area contributed by atoms with Crippen molar-refractivity contribution in [3.8, 4) is 11.5 Å². The molecule has 0 heterocycles. The van der Waals surface area contributed by atoms with Crippen molar-refractivity contribution in [3.63, 3.8) is 0 Å². The number of hydrogen-bond acceptors (Lipinski definition) is 3. The molecule has 3 nitrogen and oxygen atoms in total. The van der Waals surface area contributed by atoms with E-state index < -0.39 is 0 Å². The van der Waals surface area contributed by atoms with Crippen LogP contribution in [0.3, 0.4) is 0 Å². The van der Waals surface area contributed by atoms with Crippen molar-refractivity contribution in [1.29, 1.82) is 0 Å². The molecule has 0 aliphatic heterocycles. The van der Waals surface area contributed by atoms with Crippen molar-refractivity contribution >= 4 is 11.6 Å². The molecule has 0 radical (unpaired) electrons. The SMILES string of the molecule is CNC(c1ccc(C)c(Cl)c1)c1cc(OC)ccc1OC. The maximum atomic E-state index is 6.25. The number of rotatable bonds is 5. The van der Waals surface area contributed by atoms with E-state index in [2.05, 4.69) is 11.4 Å². The number of ether oxygens (including phenoxy) is 2. The molecule has 1 unspecified atom stereocenters. The maximum absolute atomic E-state index is 6.25. The fraction of sp³-hybridized carbons (Fsp3) is 0.294. The highest BCUT2D eigenvalue weighted by Crippen LogP contribution is 2.34. The summed E-state index contributed by atoms with van der Waals surface area (Å²) in [5.41, 5.74) is 3.16. The number of hydrogen-bond donors (Lipinski definition) is 1. The Bertz CT molecular complexity index is 628. The van der Waals surface area contributed by atoms with E-state index in [0.717, 1.165) is 33.2 Å². The summed E-state index contributed by atoms with van der Waals surface area (Å²) in [5.74, 6) is 1.61. The van der Waals surface area contributed by atoms with E-state index in [1.165, 1.54) is 0 Å². The van der Waals surface area contributed by atoms with Crippen molar-refractivity contribution in [2.75, 3.05) is 21.3 Å². The first-order valence-electron chi connectivity index (χ1n) is 6.76. The van der Waals surface area contributed by atoms with Crippen molar-refractivity contribution in [1.82, 2.24) is 5.32 Å². The number of benzene rings is 2. The van der Waals surface area contributed by atoms with Crippen LogP contribution in [0.1, 0.15) is 22.7 Å². The second-order valence-electron chi connectivity index (χ2n) is 4.84. The first kappa shape index (κ1) is 15.7. The molecule has 1 atom stereocenters. The number of methoxy groups -OCH3 is 2. The van der Waals surface area contributed by atoms with Gasteiger partial charge in [-0.3, -0.25) is 0 Å². The van der Waals surface area contributed by atoms with Crippen molar-refractivity contribution in [2.45, 2.75) is 13.0 Å². The van der Waals surface area contributed by atoms with Crippen LogP contribution in [0, 0.1) is 6.92 Å². The Morgan fingerprint density at radius 2 is 1.81 bits per heavy atom. The molecule has 2 rings (SSSR count). The van der Waals surface area contributed by atoms with Gasteiger partial charge in [0.05, 0.1) is 20.3 Å². The molecule has 2 aromatic rings. The molecule has 0 aliphatic carbocycles. The van der Waals surface area contributed by atoms with E-state index in [1.807, 2.05) is 44.3 Å². The van der Waals surface area contributed by atoms with Gasteiger partial charge in [-0.25, -0.2) is 0 Å². The zero-order valence-electron chi connectivity index (χ0n) is 12.7. The largest absolute Gasteiger partial charge is 0.497 e. The molecule has 0 aromatic heterocycles. The van der Waals surface area contributed by atoms with Gasteiger partial charge in [0.2, 0.25) is 0 Å². The van der Waals surface area contributed by atoms with Crippen LogP contribution in [-0.4, -0.2) is 21.3 Å².